The predicted molar refractivity (Wildman–Crippen MR) is 79.5 cm³/mol. The van der Waals surface area contributed by atoms with Gasteiger partial charge in [0.05, 0.1) is 6.54 Å². The van der Waals surface area contributed by atoms with E-state index in [0.29, 0.717) is 32.5 Å². The maximum atomic E-state index is 12.2. The number of benzene rings is 1. The summed E-state index contributed by atoms with van der Waals surface area (Å²) < 4.78 is 8.67. The average Bonchev–Trinajstić information content (AvgIpc) is 2.82. The number of nitrogens with zero attached hydrogens (tertiary/aromatic N) is 3. The second-order valence-corrected chi connectivity index (χ2v) is 4.67. The molecule has 0 bridgehead atoms. The molecule has 0 spiro atoms. The van der Waals surface area contributed by atoms with Crippen LogP contribution >= 0.6 is 0 Å². The first-order chi connectivity index (χ1) is 10.3. The number of aliphatic hydroxyl groups excluding tert-OH is 1. The van der Waals surface area contributed by atoms with Crippen molar-refractivity contribution in [3.05, 3.63) is 46.6 Å². The Morgan fingerprint density at radius 2 is 2.00 bits per heavy atom. The molecule has 0 saturated carbocycles. The van der Waals surface area contributed by atoms with Gasteiger partial charge in [-0.25, -0.2) is 9.48 Å². The minimum atomic E-state index is -0.142. The second kappa shape index (κ2) is 7.64. The summed E-state index contributed by atoms with van der Waals surface area (Å²) in [5.41, 5.74) is -0.142. The minimum Gasteiger partial charge on any atom is -0.492 e. The SMILES string of the molecule is CCc1nn(CCCO)c(=O)n1CCOc1ccccc1. The molecule has 0 amide bonds. The lowest BCUT2D eigenvalue weighted by Crippen LogP contribution is -2.27. The van der Waals surface area contributed by atoms with Gasteiger partial charge in [0.25, 0.3) is 0 Å². The molecule has 1 aromatic carbocycles. The van der Waals surface area contributed by atoms with Crippen LogP contribution in [0.4, 0.5) is 0 Å². The van der Waals surface area contributed by atoms with Crippen LogP contribution in [0, 0.1) is 0 Å². The van der Waals surface area contributed by atoms with Gasteiger partial charge in [0.1, 0.15) is 18.2 Å². The number of ether oxygens (including phenoxy) is 1. The van der Waals surface area contributed by atoms with Crippen LogP contribution in [0.15, 0.2) is 35.1 Å². The van der Waals surface area contributed by atoms with Gasteiger partial charge in [-0.1, -0.05) is 25.1 Å². The van der Waals surface area contributed by atoms with Crippen molar-refractivity contribution in [2.45, 2.75) is 32.9 Å². The lowest BCUT2D eigenvalue weighted by molar-refractivity contribution is 0.274. The molecular weight excluding hydrogens is 270 g/mol. The zero-order valence-corrected chi connectivity index (χ0v) is 12.2. The highest BCUT2D eigenvalue weighted by Crippen LogP contribution is 2.08. The van der Waals surface area contributed by atoms with E-state index in [2.05, 4.69) is 5.10 Å². The highest BCUT2D eigenvalue weighted by atomic mass is 16.5. The third-order valence-corrected chi connectivity index (χ3v) is 3.17. The van der Waals surface area contributed by atoms with Crippen LogP contribution in [0.2, 0.25) is 0 Å². The van der Waals surface area contributed by atoms with E-state index in [0.717, 1.165) is 11.6 Å². The highest BCUT2D eigenvalue weighted by Gasteiger charge is 2.11. The Labute approximate surface area is 123 Å². The maximum absolute atomic E-state index is 12.2. The molecule has 0 atom stereocenters. The minimum absolute atomic E-state index is 0.0534. The number of para-hydroxylation sites is 1. The number of rotatable bonds is 8. The number of aryl methyl sites for hydroxylation is 2. The number of aromatic nitrogens is 3. The summed E-state index contributed by atoms with van der Waals surface area (Å²) >= 11 is 0. The van der Waals surface area contributed by atoms with Gasteiger partial charge in [-0.05, 0) is 18.6 Å². The Morgan fingerprint density at radius 1 is 1.24 bits per heavy atom. The molecule has 0 fully saturated rings. The quantitative estimate of drug-likeness (QED) is 0.790. The van der Waals surface area contributed by atoms with Crippen molar-refractivity contribution in [3.8, 4) is 5.75 Å². The fraction of sp³-hybridized carbons (Fsp3) is 0.467. The monoisotopic (exact) mass is 291 g/mol. The smallest absolute Gasteiger partial charge is 0.346 e. The Kier molecular flexibility index (Phi) is 5.57. The van der Waals surface area contributed by atoms with Crippen LogP contribution in [0.3, 0.4) is 0 Å². The zero-order valence-electron chi connectivity index (χ0n) is 12.2. The third kappa shape index (κ3) is 3.95. The van der Waals surface area contributed by atoms with Gasteiger partial charge in [0.15, 0.2) is 0 Å². The van der Waals surface area contributed by atoms with Gasteiger partial charge < -0.3 is 9.84 Å². The molecule has 0 aliphatic heterocycles. The van der Waals surface area contributed by atoms with E-state index >= 15 is 0 Å². The molecule has 6 nitrogen and oxygen atoms in total. The van der Waals surface area contributed by atoms with Gasteiger partial charge in [0, 0.05) is 19.6 Å². The maximum Gasteiger partial charge on any atom is 0.346 e. The van der Waals surface area contributed by atoms with Crippen molar-refractivity contribution in [3.63, 3.8) is 0 Å². The van der Waals surface area contributed by atoms with Gasteiger partial charge in [-0.15, -0.1) is 0 Å². The summed E-state index contributed by atoms with van der Waals surface area (Å²) in [5.74, 6) is 1.53. The van der Waals surface area contributed by atoms with Crippen molar-refractivity contribution in [1.29, 1.82) is 0 Å². The van der Waals surface area contributed by atoms with Crippen molar-refractivity contribution in [2.24, 2.45) is 0 Å². The third-order valence-electron chi connectivity index (χ3n) is 3.17. The van der Waals surface area contributed by atoms with E-state index in [1.54, 1.807) is 4.57 Å². The molecule has 0 unspecified atom stereocenters. The van der Waals surface area contributed by atoms with Crippen LogP contribution in [0.5, 0.6) is 5.75 Å². The van der Waals surface area contributed by atoms with Gasteiger partial charge in [0.2, 0.25) is 0 Å². The molecule has 1 aromatic heterocycles. The summed E-state index contributed by atoms with van der Waals surface area (Å²) in [7, 11) is 0. The summed E-state index contributed by atoms with van der Waals surface area (Å²) in [5, 5.41) is 13.1. The first-order valence-electron chi connectivity index (χ1n) is 7.21. The molecule has 1 heterocycles. The Balaban J connectivity index is 2.01. The molecule has 2 rings (SSSR count). The molecular formula is C15H21N3O3. The number of hydrogen-bond donors (Lipinski definition) is 1. The van der Waals surface area contributed by atoms with E-state index in [1.807, 2.05) is 37.3 Å². The first-order valence-corrected chi connectivity index (χ1v) is 7.21. The molecule has 21 heavy (non-hydrogen) atoms. The van der Waals surface area contributed by atoms with Crippen LogP contribution in [-0.2, 0) is 19.5 Å². The van der Waals surface area contributed by atoms with Crippen LogP contribution < -0.4 is 10.4 Å². The summed E-state index contributed by atoms with van der Waals surface area (Å²) in [6, 6.07) is 9.51. The largest absolute Gasteiger partial charge is 0.492 e. The molecule has 6 heteroatoms. The summed E-state index contributed by atoms with van der Waals surface area (Å²) in [6.07, 6.45) is 1.22. The van der Waals surface area contributed by atoms with Crippen LogP contribution in [0.1, 0.15) is 19.2 Å². The number of aliphatic hydroxyl groups is 1. The Bertz CT molecular complexity index is 604. The molecule has 2 aromatic rings. The lowest BCUT2D eigenvalue weighted by Gasteiger charge is -2.07. The molecule has 0 radical (unpaired) electrons. The highest BCUT2D eigenvalue weighted by molar-refractivity contribution is 5.20. The second-order valence-electron chi connectivity index (χ2n) is 4.67. The summed E-state index contributed by atoms with van der Waals surface area (Å²) in [4.78, 5) is 12.2. The van der Waals surface area contributed by atoms with E-state index in [-0.39, 0.29) is 12.3 Å². The van der Waals surface area contributed by atoms with Crippen molar-refractivity contribution >= 4 is 0 Å². The van der Waals surface area contributed by atoms with Gasteiger partial charge in [-0.2, -0.15) is 5.10 Å². The van der Waals surface area contributed by atoms with Gasteiger partial charge in [-0.3, -0.25) is 4.57 Å². The molecule has 0 aliphatic rings. The van der Waals surface area contributed by atoms with E-state index < -0.39 is 0 Å². The Hall–Kier alpha value is -2.08. The lowest BCUT2D eigenvalue weighted by atomic mass is 10.3. The average molecular weight is 291 g/mol. The summed E-state index contributed by atoms with van der Waals surface area (Å²) in [6.45, 7) is 3.35. The predicted octanol–water partition coefficient (Wildman–Crippen LogP) is 1.07. The molecule has 0 aliphatic carbocycles. The standard InChI is InChI=1S/C15H21N3O3/c1-2-14-16-18(9-6-11-19)15(20)17(14)10-12-21-13-7-4-3-5-8-13/h3-5,7-8,19H,2,6,9-12H2,1H3. The van der Waals surface area contributed by atoms with Crippen molar-refractivity contribution in [1.82, 2.24) is 14.3 Å². The molecule has 114 valence electrons. The number of hydrogen-bond acceptors (Lipinski definition) is 4. The fourth-order valence-corrected chi connectivity index (χ4v) is 2.11. The molecule has 1 N–H and O–H groups in total. The Morgan fingerprint density at radius 3 is 2.67 bits per heavy atom. The fourth-order valence-electron chi connectivity index (χ4n) is 2.11. The van der Waals surface area contributed by atoms with Crippen molar-refractivity contribution in [2.75, 3.05) is 13.2 Å². The normalized spacial score (nSPS) is 10.8. The van der Waals surface area contributed by atoms with Crippen LogP contribution in [0.25, 0.3) is 0 Å². The molecule has 0 saturated heterocycles. The topological polar surface area (TPSA) is 69.3 Å². The zero-order chi connectivity index (χ0) is 15.1. The van der Waals surface area contributed by atoms with E-state index in [1.165, 1.54) is 4.68 Å². The van der Waals surface area contributed by atoms with Crippen LogP contribution in [-0.4, -0.2) is 32.7 Å². The van der Waals surface area contributed by atoms with Crippen molar-refractivity contribution < 1.29 is 9.84 Å². The van der Waals surface area contributed by atoms with Gasteiger partial charge >= 0.3 is 5.69 Å². The van der Waals surface area contributed by atoms with E-state index in [9.17, 15) is 4.79 Å². The van der Waals surface area contributed by atoms with E-state index in [4.69, 9.17) is 9.84 Å². The first kappa shape index (κ1) is 15.3.